The fourth-order valence-electron chi connectivity index (χ4n) is 3.90. The molecule has 0 aliphatic carbocycles. The fraction of sp³-hybridized carbons (Fsp3) is 0.350. The largest absolute Gasteiger partial charge is 0.363 e. The van der Waals surface area contributed by atoms with Gasteiger partial charge in [-0.15, -0.1) is 0 Å². The molecule has 1 N–H and O–H groups in total. The summed E-state index contributed by atoms with van der Waals surface area (Å²) < 4.78 is 0. The lowest BCUT2D eigenvalue weighted by Gasteiger charge is -2.35. The molecule has 2 aliphatic heterocycles. The maximum Gasteiger partial charge on any atom is 0.257 e. The Balaban J connectivity index is 1.72. The van der Waals surface area contributed by atoms with E-state index in [1.165, 1.54) is 12.8 Å². The third-order valence-electron chi connectivity index (χ3n) is 5.18. The quantitative estimate of drug-likeness (QED) is 0.940. The normalized spacial score (nSPS) is 23.7. The maximum atomic E-state index is 12.9. The lowest BCUT2D eigenvalue weighted by atomic mass is 9.94. The van der Waals surface area contributed by atoms with Crippen molar-refractivity contribution in [3.05, 3.63) is 71.3 Å². The Morgan fingerprint density at radius 1 is 0.917 bits per heavy atom. The molecule has 24 heavy (non-hydrogen) atoms. The highest BCUT2D eigenvalue weighted by atomic mass is 16.3. The highest BCUT2D eigenvalue weighted by Crippen LogP contribution is 2.41. The lowest BCUT2D eigenvalue weighted by molar-refractivity contribution is -0.0521. The number of aliphatic hydroxyl groups is 1. The van der Waals surface area contributed by atoms with Crippen LogP contribution in [0, 0.1) is 0 Å². The van der Waals surface area contributed by atoms with Crippen molar-refractivity contribution >= 4 is 5.91 Å². The van der Waals surface area contributed by atoms with Gasteiger partial charge >= 0.3 is 0 Å². The van der Waals surface area contributed by atoms with Crippen LogP contribution >= 0.6 is 0 Å². The van der Waals surface area contributed by atoms with E-state index in [2.05, 4.69) is 4.90 Å². The Labute approximate surface area is 142 Å². The number of hydrogen-bond donors (Lipinski definition) is 1. The maximum absolute atomic E-state index is 12.9. The Kier molecular flexibility index (Phi) is 3.87. The third-order valence-corrected chi connectivity index (χ3v) is 5.18. The average Bonchev–Trinajstić information content (AvgIpc) is 3.22. The van der Waals surface area contributed by atoms with E-state index < -0.39 is 5.72 Å². The molecule has 2 aliphatic rings. The van der Waals surface area contributed by atoms with Crippen LogP contribution in [-0.2, 0) is 5.72 Å². The first-order valence-corrected chi connectivity index (χ1v) is 8.63. The molecule has 124 valence electrons. The van der Waals surface area contributed by atoms with Gasteiger partial charge in [0.1, 0.15) is 0 Å². The Morgan fingerprint density at radius 3 is 2.33 bits per heavy atom. The molecule has 0 aromatic heterocycles. The number of likely N-dealkylation sites (tertiary alicyclic amines) is 1. The van der Waals surface area contributed by atoms with Gasteiger partial charge in [0.15, 0.2) is 5.72 Å². The van der Waals surface area contributed by atoms with Crippen LogP contribution in [0.3, 0.4) is 0 Å². The number of rotatable bonds is 4. The minimum absolute atomic E-state index is 0.0869. The molecular weight excluding hydrogens is 300 g/mol. The number of carbonyl (C=O) groups is 1. The fourth-order valence-corrected chi connectivity index (χ4v) is 3.90. The predicted molar refractivity (Wildman–Crippen MR) is 92.6 cm³/mol. The van der Waals surface area contributed by atoms with E-state index in [0.29, 0.717) is 17.7 Å². The van der Waals surface area contributed by atoms with Crippen LogP contribution in [0.5, 0.6) is 0 Å². The summed E-state index contributed by atoms with van der Waals surface area (Å²) in [5.74, 6) is -0.0869. The molecule has 0 spiro atoms. The monoisotopic (exact) mass is 322 g/mol. The van der Waals surface area contributed by atoms with Crippen molar-refractivity contribution in [1.82, 2.24) is 9.80 Å². The summed E-state index contributed by atoms with van der Waals surface area (Å²) in [6, 6.07) is 16.9. The van der Waals surface area contributed by atoms with Crippen LogP contribution in [0.2, 0.25) is 0 Å². The summed E-state index contributed by atoms with van der Waals surface area (Å²) in [5, 5.41) is 11.6. The number of amides is 1. The summed E-state index contributed by atoms with van der Waals surface area (Å²) in [5.41, 5.74) is 0.645. The van der Waals surface area contributed by atoms with Crippen LogP contribution in [0.1, 0.15) is 34.3 Å². The standard InChI is InChI=1S/C20H22N2O2/c23-19-17-10-4-5-11-18(17)20(24,16-8-2-1-3-9-16)22(19)15-14-21-12-6-7-13-21/h1-5,8-11,24H,6-7,12-15H2. The molecule has 2 aromatic rings. The molecular formula is C20H22N2O2. The molecule has 4 heteroatoms. The molecule has 0 saturated carbocycles. The first kappa shape index (κ1) is 15.4. The first-order chi connectivity index (χ1) is 11.7. The molecule has 1 fully saturated rings. The minimum atomic E-state index is -1.38. The third kappa shape index (κ3) is 2.34. The van der Waals surface area contributed by atoms with E-state index in [9.17, 15) is 9.90 Å². The SMILES string of the molecule is O=C1c2ccccc2C(O)(c2ccccc2)N1CCN1CCCC1. The molecule has 4 rings (SSSR count). The zero-order valence-corrected chi connectivity index (χ0v) is 13.7. The van der Waals surface area contributed by atoms with E-state index >= 15 is 0 Å². The molecule has 1 saturated heterocycles. The highest BCUT2D eigenvalue weighted by molar-refractivity contribution is 6.00. The van der Waals surface area contributed by atoms with Gasteiger partial charge in [0.2, 0.25) is 0 Å². The Bertz CT molecular complexity index is 740. The van der Waals surface area contributed by atoms with Gasteiger partial charge < -0.3 is 14.9 Å². The van der Waals surface area contributed by atoms with Crippen LogP contribution < -0.4 is 0 Å². The van der Waals surface area contributed by atoms with E-state index in [1.807, 2.05) is 48.5 Å². The zero-order valence-electron chi connectivity index (χ0n) is 13.7. The molecule has 0 radical (unpaired) electrons. The van der Waals surface area contributed by atoms with Gasteiger partial charge in [-0.1, -0.05) is 48.5 Å². The zero-order chi connectivity index (χ0) is 16.6. The Morgan fingerprint density at radius 2 is 1.58 bits per heavy atom. The number of benzene rings is 2. The van der Waals surface area contributed by atoms with E-state index in [-0.39, 0.29) is 5.91 Å². The molecule has 0 bridgehead atoms. The second kappa shape index (κ2) is 6.04. The molecule has 1 atom stereocenters. The van der Waals surface area contributed by atoms with Gasteiger partial charge in [-0.05, 0) is 32.0 Å². The van der Waals surface area contributed by atoms with Crippen molar-refractivity contribution in [2.75, 3.05) is 26.2 Å². The molecule has 1 unspecified atom stereocenters. The van der Waals surface area contributed by atoms with Crippen molar-refractivity contribution < 1.29 is 9.90 Å². The second-order valence-electron chi connectivity index (χ2n) is 6.59. The van der Waals surface area contributed by atoms with Gasteiger partial charge in [-0.3, -0.25) is 4.79 Å². The van der Waals surface area contributed by atoms with E-state index in [1.54, 1.807) is 11.0 Å². The summed E-state index contributed by atoms with van der Waals surface area (Å²) in [7, 11) is 0. The molecule has 1 amide bonds. The van der Waals surface area contributed by atoms with E-state index in [0.717, 1.165) is 25.2 Å². The van der Waals surface area contributed by atoms with Crippen LogP contribution in [0.25, 0.3) is 0 Å². The molecule has 4 nitrogen and oxygen atoms in total. The average molecular weight is 322 g/mol. The molecule has 2 aromatic carbocycles. The summed E-state index contributed by atoms with van der Waals surface area (Å²) >= 11 is 0. The number of carbonyl (C=O) groups excluding carboxylic acids is 1. The van der Waals surface area contributed by atoms with Crippen LogP contribution in [0.15, 0.2) is 54.6 Å². The van der Waals surface area contributed by atoms with Crippen molar-refractivity contribution in [2.45, 2.75) is 18.6 Å². The number of hydrogen-bond acceptors (Lipinski definition) is 3. The molecule has 2 heterocycles. The first-order valence-electron chi connectivity index (χ1n) is 8.63. The summed E-state index contributed by atoms with van der Waals surface area (Å²) in [4.78, 5) is 16.9. The van der Waals surface area contributed by atoms with Gasteiger partial charge in [-0.25, -0.2) is 0 Å². The minimum Gasteiger partial charge on any atom is -0.363 e. The van der Waals surface area contributed by atoms with Crippen LogP contribution in [-0.4, -0.2) is 47.0 Å². The van der Waals surface area contributed by atoms with E-state index in [4.69, 9.17) is 0 Å². The van der Waals surface area contributed by atoms with Crippen LogP contribution in [0.4, 0.5) is 0 Å². The van der Waals surface area contributed by atoms with Crippen molar-refractivity contribution in [3.8, 4) is 0 Å². The van der Waals surface area contributed by atoms with Gasteiger partial charge in [-0.2, -0.15) is 0 Å². The lowest BCUT2D eigenvalue weighted by Crippen LogP contribution is -2.47. The smallest absolute Gasteiger partial charge is 0.257 e. The van der Waals surface area contributed by atoms with Gasteiger partial charge in [0.25, 0.3) is 5.91 Å². The topological polar surface area (TPSA) is 43.8 Å². The van der Waals surface area contributed by atoms with Crippen molar-refractivity contribution in [2.24, 2.45) is 0 Å². The highest BCUT2D eigenvalue weighted by Gasteiger charge is 2.49. The van der Waals surface area contributed by atoms with Crippen molar-refractivity contribution in [1.29, 1.82) is 0 Å². The summed E-state index contributed by atoms with van der Waals surface area (Å²) in [6.07, 6.45) is 2.44. The summed E-state index contributed by atoms with van der Waals surface area (Å²) in [6.45, 7) is 3.49. The van der Waals surface area contributed by atoms with Gasteiger partial charge in [0.05, 0.1) is 0 Å². The van der Waals surface area contributed by atoms with Crippen molar-refractivity contribution in [3.63, 3.8) is 0 Å². The predicted octanol–water partition coefficient (Wildman–Crippen LogP) is 2.43. The second-order valence-corrected chi connectivity index (χ2v) is 6.59. The number of nitrogens with zero attached hydrogens (tertiary/aromatic N) is 2. The Hall–Kier alpha value is -2.17. The number of fused-ring (bicyclic) bond motifs is 1. The van der Waals surface area contributed by atoms with Gasteiger partial charge in [0, 0.05) is 29.8 Å².